The van der Waals surface area contributed by atoms with Crippen LogP contribution in [-0.2, 0) is 6.54 Å². The Labute approximate surface area is 196 Å². The zero-order valence-electron chi connectivity index (χ0n) is 19.2. The molecule has 2 fully saturated rings. The van der Waals surface area contributed by atoms with Gasteiger partial charge < -0.3 is 14.8 Å². The van der Waals surface area contributed by atoms with Gasteiger partial charge >= 0.3 is 0 Å². The van der Waals surface area contributed by atoms with E-state index in [1.54, 1.807) is 17.2 Å². The van der Waals surface area contributed by atoms with Crippen LogP contribution < -0.4 is 14.8 Å². The maximum atomic E-state index is 6.30. The van der Waals surface area contributed by atoms with Crippen LogP contribution in [0.15, 0.2) is 43.1 Å². The molecule has 6 rings (SSSR count). The topological polar surface area (TPSA) is 113 Å². The molecule has 4 heterocycles. The molecule has 0 spiro atoms. The SMILES string of the molecule is C[C@H](Cn1cncn1)Nc1nc(OC2(C)CC2)c2nc(-c3ccc(OC4CC4)nc3)ccc2n1. The third-order valence-corrected chi connectivity index (χ3v) is 5.95. The van der Waals surface area contributed by atoms with Crippen LogP contribution in [-0.4, -0.2) is 52.4 Å². The quantitative estimate of drug-likeness (QED) is 0.401. The molecule has 0 amide bonds. The van der Waals surface area contributed by atoms with E-state index in [9.17, 15) is 0 Å². The molecule has 174 valence electrons. The van der Waals surface area contributed by atoms with Crippen molar-refractivity contribution in [1.29, 1.82) is 0 Å². The minimum Gasteiger partial charge on any atom is -0.474 e. The lowest BCUT2D eigenvalue weighted by atomic mass is 10.2. The summed E-state index contributed by atoms with van der Waals surface area (Å²) in [6.45, 7) is 4.77. The van der Waals surface area contributed by atoms with Crippen LogP contribution in [0.2, 0.25) is 0 Å². The van der Waals surface area contributed by atoms with Crippen molar-refractivity contribution >= 4 is 17.0 Å². The van der Waals surface area contributed by atoms with E-state index in [2.05, 4.69) is 27.3 Å². The Morgan fingerprint density at radius 3 is 2.74 bits per heavy atom. The van der Waals surface area contributed by atoms with Crippen molar-refractivity contribution in [3.8, 4) is 23.0 Å². The number of nitrogens with one attached hydrogen (secondary N) is 1. The maximum absolute atomic E-state index is 6.30. The fourth-order valence-electron chi connectivity index (χ4n) is 3.63. The lowest BCUT2D eigenvalue weighted by Crippen LogP contribution is -2.24. The second-order valence-electron chi connectivity index (χ2n) is 9.33. The first-order chi connectivity index (χ1) is 16.5. The first-order valence-electron chi connectivity index (χ1n) is 11.6. The Balaban J connectivity index is 1.30. The number of hydrogen-bond donors (Lipinski definition) is 1. The van der Waals surface area contributed by atoms with Gasteiger partial charge in [0.05, 0.1) is 17.8 Å². The van der Waals surface area contributed by atoms with Crippen molar-refractivity contribution in [2.24, 2.45) is 0 Å². The second kappa shape index (κ2) is 8.19. The number of ether oxygens (including phenoxy) is 2. The standard InChI is InChI=1S/C24H26N8O2/c1-15(12-32-14-25-13-27-32)28-23-30-19-7-6-18(16-3-8-20(26-11-16)33-17-4-5-17)29-21(19)22(31-23)34-24(2)9-10-24/h3,6-8,11,13-15,17H,4-5,9-10,12H2,1-2H3,(H,28,30,31)/t15-/m1/s1. The second-order valence-corrected chi connectivity index (χ2v) is 9.33. The van der Waals surface area contributed by atoms with Gasteiger partial charge in [0.2, 0.25) is 17.7 Å². The summed E-state index contributed by atoms with van der Waals surface area (Å²) in [4.78, 5) is 22.7. The van der Waals surface area contributed by atoms with Crippen molar-refractivity contribution in [1.82, 2.24) is 34.7 Å². The molecule has 2 saturated carbocycles. The molecule has 2 aliphatic rings. The molecule has 0 radical (unpaired) electrons. The number of pyridine rings is 2. The van der Waals surface area contributed by atoms with Crippen LogP contribution in [0.5, 0.6) is 11.8 Å². The van der Waals surface area contributed by atoms with Crippen LogP contribution in [0.1, 0.15) is 39.5 Å². The Kier molecular flexibility index (Phi) is 5.00. The number of aromatic nitrogens is 7. The largest absolute Gasteiger partial charge is 0.474 e. The molecular formula is C24H26N8O2. The van der Waals surface area contributed by atoms with Crippen LogP contribution in [0.3, 0.4) is 0 Å². The minimum atomic E-state index is -0.202. The summed E-state index contributed by atoms with van der Waals surface area (Å²) < 4.78 is 13.8. The van der Waals surface area contributed by atoms with Crippen molar-refractivity contribution < 1.29 is 9.47 Å². The van der Waals surface area contributed by atoms with E-state index in [-0.39, 0.29) is 11.6 Å². The highest BCUT2D eigenvalue weighted by Crippen LogP contribution is 2.41. The molecule has 0 aromatic carbocycles. The lowest BCUT2D eigenvalue weighted by Gasteiger charge is -2.17. The highest BCUT2D eigenvalue weighted by molar-refractivity contribution is 5.83. The average molecular weight is 459 g/mol. The van der Waals surface area contributed by atoms with Crippen molar-refractivity contribution in [3.63, 3.8) is 0 Å². The Morgan fingerprint density at radius 1 is 1.15 bits per heavy atom. The van der Waals surface area contributed by atoms with Gasteiger partial charge in [0.25, 0.3) is 0 Å². The molecule has 0 bridgehead atoms. The molecule has 4 aromatic rings. The molecule has 0 aliphatic heterocycles. The molecular weight excluding hydrogens is 432 g/mol. The van der Waals surface area contributed by atoms with E-state index in [1.165, 1.54) is 6.33 Å². The lowest BCUT2D eigenvalue weighted by molar-refractivity contribution is 0.194. The fraction of sp³-hybridized carbons (Fsp3) is 0.417. The van der Waals surface area contributed by atoms with Crippen molar-refractivity contribution in [3.05, 3.63) is 43.1 Å². The maximum Gasteiger partial charge on any atom is 0.246 e. The fourth-order valence-corrected chi connectivity index (χ4v) is 3.63. The normalized spacial score (nSPS) is 17.4. The summed E-state index contributed by atoms with van der Waals surface area (Å²) in [6.07, 6.45) is 9.52. The van der Waals surface area contributed by atoms with Crippen LogP contribution in [0.25, 0.3) is 22.3 Å². The van der Waals surface area contributed by atoms with E-state index in [4.69, 9.17) is 24.4 Å². The molecule has 0 saturated heterocycles. The molecule has 4 aromatic heterocycles. The summed E-state index contributed by atoms with van der Waals surface area (Å²) in [5.74, 6) is 1.64. The zero-order chi connectivity index (χ0) is 23.1. The Bertz CT molecular complexity index is 1300. The molecule has 0 unspecified atom stereocenters. The van der Waals surface area contributed by atoms with Gasteiger partial charge in [-0.25, -0.2) is 19.9 Å². The van der Waals surface area contributed by atoms with Gasteiger partial charge in [0.15, 0.2) is 5.52 Å². The van der Waals surface area contributed by atoms with Gasteiger partial charge in [-0.05, 0) is 57.7 Å². The van der Waals surface area contributed by atoms with Gasteiger partial charge in [0, 0.05) is 23.9 Å². The zero-order valence-corrected chi connectivity index (χ0v) is 19.2. The molecule has 1 N–H and O–H groups in total. The van der Waals surface area contributed by atoms with Gasteiger partial charge in [-0.3, -0.25) is 4.68 Å². The van der Waals surface area contributed by atoms with E-state index in [0.29, 0.717) is 35.9 Å². The van der Waals surface area contributed by atoms with Crippen LogP contribution in [0.4, 0.5) is 5.95 Å². The third-order valence-electron chi connectivity index (χ3n) is 5.95. The molecule has 1 atom stereocenters. The number of rotatable bonds is 9. The number of hydrogen-bond acceptors (Lipinski definition) is 9. The first kappa shape index (κ1) is 20.8. The van der Waals surface area contributed by atoms with E-state index in [0.717, 1.165) is 42.5 Å². The van der Waals surface area contributed by atoms with Crippen molar-refractivity contribution in [2.75, 3.05) is 5.32 Å². The van der Waals surface area contributed by atoms with Gasteiger partial charge in [-0.2, -0.15) is 10.1 Å². The third kappa shape index (κ3) is 4.61. The average Bonchev–Trinajstić information content (AvgIpc) is 3.73. The smallest absolute Gasteiger partial charge is 0.246 e. The number of nitrogens with zero attached hydrogens (tertiary/aromatic N) is 7. The summed E-state index contributed by atoms with van der Waals surface area (Å²) >= 11 is 0. The van der Waals surface area contributed by atoms with E-state index < -0.39 is 0 Å². The monoisotopic (exact) mass is 458 g/mol. The van der Waals surface area contributed by atoms with Crippen molar-refractivity contribution in [2.45, 2.75) is 63.8 Å². The van der Waals surface area contributed by atoms with Crippen LogP contribution in [0, 0.1) is 0 Å². The van der Waals surface area contributed by atoms with Gasteiger partial charge in [0.1, 0.15) is 24.4 Å². The summed E-state index contributed by atoms with van der Waals surface area (Å²) in [5.41, 5.74) is 2.84. The minimum absolute atomic E-state index is 0.0400. The summed E-state index contributed by atoms with van der Waals surface area (Å²) in [5, 5.41) is 7.51. The molecule has 10 heteroatoms. The predicted octanol–water partition coefficient (Wildman–Crippen LogP) is 3.65. The number of anilines is 1. The summed E-state index contributed by atoms with van der Waals surface area (Å²) in [6, 6.07) is 7.80. The summed E-state index contributed by atoms with van der Waals surface area (Å²) in [7, 11) is 0. The highest BCUT2D eigenvalue weighted by Gasteiger charge is 2.41. The Morgan fingerprint density at radius 2 is 2.03 bits per heavy atom. The predicted molar refractivity (Wildman–Crippen MR) is 126 cm³/mol. The van der Waals surface area contributed by atoms with E-state index >= 15 is 0 Å². The van der Waals surface area contributed by atoms with Crippen LogP contribution >= 0.6 is 0 Å². The van der Waals surface area contributed by atoms with Gasteiger partial charge in [-0.15, -0.1) is 0 Å². The Hall–Kier alpha value is -3.82. The first-order valence-corrected chi connectivity index (χ1v) is 11.6. The molecule has 34 heavy (non-hydrogen) atoms. The molecule has 10 nitrogen and oxygen atoms in total. The van der Waals surface area contributed by atoms with Gasteiger partial charge in [-0.1, -0.05) is 0 Å². The molecule has 2 aliphatic carbocycles. The highest BCUT2D eigenvalue weighted by atomic mass is 16.5. The van der Waals surface area contributed by atoms with E-state index in [1.807, 2.05) is 31.2 Å². The number of fused-ring (bicyclic) bond motifs is 1.